The van der Waals surface area contributed by atoms with Gasteiger partial charge >= 0.3 is 0 Å². The Balaban J connectivity index is 1.68. The lowest BCUT2D eigenvalue weighted by atomic mass is 10.0. The summed E-state index contributed by atoms with van der Waals surface area (Å²) in [5.74, 6) is 2.46. The minimum Gasteiger partial charge on any atom is -0.490 e. The summed E-state index contributed by atoms with van der Waals surface area (Å²) in [6.45, 7) is 0.732. The third-order valence-electron chi connectivity index (χ3n) is 2.93. The number of rotatable bonds is 3. The molecule has 2 aromatic rings. The van der Waals surface area contributed by atoms with Crippen LogP contribution in [0, 0.1) is 0 Å². The average molecular weight is 246 g/mol. The fourth-order valence-corrected chi connectivity index (χ4v) is 3.27. The van der Waals surface area contributed by atoms with Crippen molar-refractivity contribution in [3.8, 4) is 5.75 Å². The summed E-state index contributed by atoms with van der Waals surface area (Å²) in [6, 6.07) is 8.58. The van der Waals surface area contributed by atoms with Crippen molar-refractivity contribution in [2.24, 2.45) is 7.05 Å². The molecular weight excluding hydrogens is 232 g/mol. The SMILES string of the molecule is Cn1cc(OCC2CSc3ccccc32)cn1. The maximum absolute atomic E-state index is 5.77. The Labute approximate surface area is 105 Å². The molecule has 3 nitrogen and oxygen atoms in total. The second-order valence-electron chi connectivity index (χ2n) is 4.21. The normalized spacial score (nSPS) is 18.1. The van der Waals surface area contributed by atoms with E-state index in [2.05, 4.69) is 29.4 Å². The molecule has 4 heteroatoms. The van der Waals surface area contributed by atoms with Gasteiger partial charge in [0.15, 0.2) is 5.75 Å². The molecule has 0 amide bonds. The summed E-state index contributed by atoms with van der Waals surface area (Å²) >= 11 is 1.92. The Morgan fingerprint density at radius 2 is 2.35 bits per heavy atom. The molecule has 1 aromatic carbocycles. The molecule has 0 bridgehead atoms. The standard InChI is InChI=1S/C13H14N2OS/c1-15-7-11(6-14-15)16-8-10-9-17-13-5-3-2-4-12(10)13/h2-7,10H,8-9H2,1H3. The second kappa shape index (κ2) is 4.45. The van der Waals surface area contributed by atoms with Crippen molar-refractivity contribution in [3.05, 3.63) is 42.2 Å². The average Bonchev–Trinajstić information content (AvgIpc) is 2.93. The van der Waals surface area contributed by atoms with Crippen LogP contribution in [0.3, 0.4) is 0 Å². The van der Waals surface area contributed by atoms with Gasteiger partial charge in [0.1, 0.15) is 0 Å². The van der Waals surface area contributed by atoms with E-state index in [0.717, 1.165) is 18.1 Å². The lowest BCUT2D eigenvalue weighted by molar-refractivity contribution is 0.298. The molecule has 88 valence electrons. The summed E-state index contributed by atoms with van der Waals surface area (Å²) in [5, 5.41) is 4.09. The van der Waals surface area contributed by atoms with Crippen LogP contribution in [0.5, 0.6) is 5.75 Å². The van der Waals surface area contributed by atoms with Crippen LogP contribution in [0.15, 0.2) is 41.6 Å². The predicted molar refractivity (Wildman–Crippen MR) is 68.6 cm³/mol. The molecule has 1 atom stereocenters. The largest absolute Gasteiger partial charge is 0.490 e. The lowest BCUT2D eigenvalue weighted by Crippen LogP contribution is -2.09. The van der Waals surface area contributed by atoms with E-state index in [0.29, 0.717) is 5.92 Å². The Morgan fingerprint density at radius 1 is 1.47 bits per heavy atom. The summed E-state index contributed by atoms with van der Waals surface area (Å²) < 4.78 is 7.53. The van der Waals surface area contributed by atoms with Crippen molar-refractivity contribution in [1.29, 1.82) is 0 Å². The molecule has 1 aromatic heterocycles. The molecule has 0 spiro atoms. The second-order valence-corrected chi connectivity index (χ2v) is 5.27. The first-order valence-electron chi connectivity index (χ1n) is 5.66. The van der Waals surface area contributed by atoms with Crippen LogP contribution >= 0.6 is 11.8 Å². The molecule has 0 N–H and O–H groups in total. The lowest BCUT2D eigenvalue weighted by Gasteiger charge is -2.10. The molecule has 0 fully saturated rings. The number of nitrogens with zero attached hydrogens (tertiary/aromatic N) is 2. The van der Waals surface area contributed by atoms with Gasteiger partial charge in [0.25, 0.3) is 0 Å². The molecule has 17 heavy (non-hydrogen) atoms. The van der Waals surface area contributed by atoms with Crippen molar-refractivity contribution in [1.82, 2.24) is 9.78 Å². The van der Waals surface area contributed by atoms with E-state index in [-0.39, 0.29) is 0 Å². The zero-order valence-electron chi connectivity index (χ0n) is 9.67. The van der Waals surface area contributed by atoms with E-state index < -0.39 is 0 Å². The van der Waals surface area contributed by atoms with Crippen molar-refractivity contribution >= 4 is 11.8 Å². The van der Waals surface area contributed by atoms with Gasteiger partial charge in [-0.15, -0.1) is 11.8 Å². The Bertz CT molecular complexity index is 524. The Kier molecular flexibility index (Phi) is 2.81. The zero-order chi connectivity index (χ0) is 11.7. The first kappa shape index (κ1) is 10.7. The number of aromatic nitrogens is 2. The minimum absolute atomic E-state index is 0.497. The van der Waals surface area contributed by atoms with Crippen molar-refractivity contribution in [3.63, 3.8) is 0 Å². The van der Waals surface area contributed by atoms with E-state index in [1.54, 1.807) is 10.9 Å². The fourth-order valence-electron chi connectivity index (χ4n) is 2.04. The molecule has 0 saturated carbocycles. The van der Waals surface area contributed by atoms with Crippen molar-refractivity contribution in [2.75, 3.05) is 12.4 Å². The molecule has 0 saturated heterocycles. The van der Waals surface area contributed by atoms with Crippen LogP contribution in [0.2, 0.25) is 0 Å². The van der Waals surface area contributed by atoms with Crippen molar-refractivity contribution < 1.29 is 4.74 Å². The number of benzene rings is 1. The highest BCUT2D eigenvalue weighted by Crippen LogP contribution is 2.39. The van der Waals surface area contributed by atoms with Gasteiger partial charge in [0.2, 0.25) is 0 Å². The maximum Gasteiger partial charge on any atom is 0.157 e. The molecule has 1 unspecified atom stereocenters. The minimum atomic E-state index is 0.497. The van der Waals surface area contributed by atoms with E-state index in [9.17, 15) is 0 Å². The number of hydrogen-bond donors (Lipinski definition) is 0. The summed E-state index contributed by atoms with van der Waals surface area (Å²) in [7, 11) is 1.90. The third-order valence-corrected chi connectivity index (χ3v) is 4.18. The fraction of sp³-hybridized carbons (Fsp3) is 0.308. The molecule has 3 rings (SSSR count). The molecule has 1 aliphatic heterocycles. The molecule has 0 radical (unpaired) electrons. The molecule has 1 aliphatic rings. The van der Waals surface area contributed by atoms with E-state index in [4.69, 9.17) is 4.74 Å². The summed E-state index contributed by atoms with van der Waals surface area (Å²) in [6.07, 6.45) is 3.65. The van der Waals surface area contributed by atoms with Gasteiger partial charge in [0, 0.05) is 23.6 Å². The molecule has 0 aliphatic carbocycles. The first-order valence-corrected chi connectivity index (χ1v) is 6.64. The van der Waals surface area contributed by atoms with Crippen LogP contribution in [-0.2, 0) is 7.05 Å². The van der Waals surface area contributed by atoms with Gasteiger partial charge in [-0.2, -0.15) is 5.10 Å². The Morgan fingerprint density at radius 3 is 3.18 bits per heavy atom. The number of hydrogen-bond acceptors (Lipinski definition) is 3. The van der Waals surface area contributed by atoms with E-state index in [1.165, 1.54) is 10.5 Å². The smallest absolute Gasteiger partial charge is 0.157 e. The maximum atomic E-state index is 5.77. The number of aryl methyl sites for hydroxylation is 1. The van der Waals surface area contributed by atoms with E-state index >= 15 is 0 Å². The topological polar surface area (TPSA) is 27.1 Å². The highest BCUT2D eigenvalue weighted by molar-refractivity contribution is 7.99. The zero-order valence-corrected chi connectivity index (χ0v) is 10.5. The summed E-state index contributed by atoms with van der Waals surface area (Å²) in [5.41, 5.74) is 1.42. The van der Waals surface area contributed by atoms with Gasteiger partial charge in [-0.05, 0) is 11.6 Å². The predicted octanol–water partition coefficient (Wildman–Crippen LogP) is 2.69. The molecular formula is C13H14N2OS. The highest BCUT2D eigenvalue weighted by atomic mass is 32.2. The monoisotopic (exact) mass is 246 g/mol. The van der Waals surface area contributed by atoms with Crippen molar-refractivity contribution in [2.45, 2.75) is 10.8 Å². The van der Waals surface area contributed by atoms with Gasteiger partial charge in [-0.1, -0.05) is 18.2 Å². The van der Waals surface area contributed by atoms with Crippen LogP contribution in [0.4, 0.5) is 0 Å². The highest BCUT2D eigenvalue weighted by Gasteiger charge is 2.23. The number of thioether (sulfide) groups is 1. The molecule has 2 heterocycles. The van der Waals surface area contributed by atoms with Crippen LogP contribution in [0.25, 0.3) is 0 Å². The van der Waals surface area contributed by atoms with Gasteiger partial charge in [-0.25, -0.2) is 0 Å². The van der Waals surface area contributed by atoms with Crippen LogP contribution < -0.4 is 4.74 Å². The van der Waals surface area contributed by atoms with E-state index in [1.807, 2.05) is 25.0 Å². The quantitative estimate of drug-likeness (QED) is 0.833. The van der Waals surface area contributed by atoms with Gasteiger partial charge in [-0.3, -0.25) is 4.68 Å². The summed E-state index contributed by atoms with van der Waals surface area (Å²) in [4.78, 5) is 1.40. The third kappa shape index (κ3) is 2.17. The van der Waals surface area contributed by atoms with Crippen LogP contribution in [0.1, 0.15) is 11.5 Å². The number of fused-ring (bicyclic) bond motifs is 1. The van der Waals surface area contributed by atoms with Crippen LogP contribution in [-0.4, -0.2) is 22.1 Å². The first-order chi connectivity index (χ1) is 8.33. The Hall–Kier alpha value is -1.42. The van der Waals surface area contributed by atoms with Gasteiger partial charge in [0.05, 0.1) is 19.0 Å². The number of ether oxygens (including phenoxy) is 1. The van der Waals surface area contributed by atoms with Gasteiger partial charge < -0.3 is 4.74 Å².